The van der Waals surface area contributed by atoms with E-state index in [1.807, 2.05) is 6.08 Å². The fourth-order valence-corrected chi connectivity index (χ4v) is 13.1. The number of esters is 1. The van der Waals surface area contributed by atoms with Crippen LogP contribution in [-0.4, -0.2) is 100 Å². The molecular formula is C79H153NO10. The predicted molar refractivity (Wildman–Crippen MR) is 380 cm³/mol. The molecule has 7 atom stereocenters. The third-order valence-electron chi connectivity index (χ3n) is 19.4. The molecule has 1 aliphatic heterocycles. The summed E-state index contributed by atoms with van der Waals surface area (Å²) in [4.78, 5) is 25.2. The van der Waals surface area contributed by atoms with Crippen LogP contribution in [0.4, 0.5) is 0 Å². The van der Waals surface area contributed by atoms with Crippen LogP contribution in [0, 0.1) is 0 Å². The first-order valence-corrected chi connectivity index (χ1v) is 40.0. The fraction of sp³-hybridized carbons (Fsp3) is 0.949. The van der Waals surface area contributed by atoms with E-state index in [-0.39, 0.29) is 18.5 Å². The lowest BCUT2D eigenvalue weighted by Gasteiger charge is -2.40. The number of ether oxygens (including phenoxy) is 3. The van der Waals surface area contributed by atoms with Crippen molar-refractivity contribution >= 4 is 11.9 Å². The van der Waals surface area contributed by atoms with E-state index in [2.05, 4.69) is 19.2 Å². The monoisotopic (exact) mass is 1280 g/mol. The molecule has 90 heavy (non-hydrogen) atoms. The van der Waals surface area contributed by atoms with Gasteiger partial charge in [0.05, 0.1) is 32.0 Å². The SMILES string of the molecule is CCCCCCCCCCCCCCC/C=C/C(O)C(COC1OC(CO)C(O)C(O)C1O)NC(=O)CCCCCCCCCCCCCCCCCCCCCCCCCCCCCCCCCCCCCOC(=O)CCCCCCCCCCCCCC. The Hall–Kier alpha value is -1.60. The van der Waals surface area contributed by atoms with Crippen molar-refractivity contribution < 1.29 is 49.3 Å². The summed E-state index contributed by atoms with van der Waals surface area (Å²) in [5.41, 5.74) is 0. The molecule has 0 aromatic rings. The first kappa shape index (κ1) is 86.4. The Kier molecular flexibility index (Phi) is 66.0. The van der Waals surface area contributed by atoms with Crippen LogP contribution < -0.4 is 5.32 Å². The highest BCUT2D eigenvalue weighted by atomic mass is 16.7. The molecule has 0 saturated carbocycles. The summed E-state index contributed by atoms with van der Waals surface area (Å²) in [7, 11) is 0. The summed E-state index contributed by atoms with van der Waals surface area (Å²) >= 11 is 0. The summed E-state index contributed by atoms with van der Waals surface area (Å²) in [5.74, 6) is -0.155. The van der Waals surface area contributed by atoms with Crippen molar-refractivity contribution in [2.45, 2.75) is 461 Å². The first-order chi connectivity index (χ1) is 44.2. The van der Waals surface area contributed by atoms with Gasteiger partial charge in [0, 0.05) is 12.8 Å². The lowest BCUT2D eigenvalue weighted by atomic mass is 9.99. The van der Waals surface area contributed by atoms with Gasteiger partial charge in [-0.05, 0) is 32.1 Å². The zero-order valence-corrected chi connectivity index (χ0v) is 59.6. The number of carbonyl (C=O) groups is 2. The topological polar surface area (TPSA) is 175 Å². The standard InChI is InChI=1S/C79H153NO10/c1-3-5-7-9-11-13-15-17-39-42-45-49-53-57-61-65-72(82)71(70-89-79-78(87)77(86)76(85)73(69-81)90-79)80-74(83)66-62-58-54-50-46-43-40-37-35-33-31-29-27-25-23-21-19-18-20-22-24-26-28-30-32-34-36-38-41-44-48-52-56-60-64-68-88-75(84)67-63-59-55-51-47-16-14-12-10-8-6-4-2/h61,65,71-73,76-79,81-82,85-87H,3-60,62-64,66-70H2,1-2H3,(H,80,83)/b65-61+. The van der Waals surface area contributed by atoms with Gasteiger partial charge in [0.25, 0.3) is 0 Å². The van der Waals surface area contributed by atoms with Crippen LogP contribution in [0.2, 0.25) is 0 Å². The van der Waals surface area contributed by atoms with E-state index in [0.717, 1.165) is 51.4 Å². The van der Waals surface area contributed by atoms with Gasteiger partial charge in [0.1, 0.15) is 24.4 Å². The van der Waals surface area contributed by atoms with Crippen LogP contribution in [-0.2, 0) is 23.8 Å². The second-order valence-corrected chi connectivity index (χ2v) is 28.1. The second kappa shape index (κ2) is 68.8. The third kappa shape index (κ3) is 56.7. The average Bonchev–Trinajstić information content (AvgIpc) is 2.63. The number of rotatable bonds is 72. The molecule has 1 aliphatic rings. The van der Waals surface area contributed by atoms with E-state index >= 15 is 0 Å². The Morgan fingerprint density at radius 3 is 1.03 bits per heavy atom. The van der Waals surface area contributed by atoms with E-state index in [4.69, 9.17) is 14.2 Å². The Bertz CT molecular complexity index is 1500. The molecule has 1 amide bonds. The molecule has 0 aliphatic carbocycles. The summed E-state index contributed by atoms with van der Waals surface area (Å²) in [5, 5.41) is 54.7. The van der Waals surface area contributed by atoms with Crippen molar-refractivity contribution in [3.63, 3.8) is 0 Å². The van der Waals surface area contributed by atoms with Gasteiger partial charge < -0.3 is 45.1 Å². The zero-order chi connectivity index (χ0) is 65.1. The molecule has 1 saturated heterocycles. The highest BCUT2D eigenvalue weighted by Gasteiger charge is 2.44. The number of carbonyl (C=O) groups excluding carboxylic acids is 2. The maximum Gasteiger partial charge on any atom is 0.305 e. The van der Waals surface area contributed by atoms with E-state index in [1.165, 1.54) is 340 Å². The van der Waals surface area contributed by atoms with Gasteiger partial charge in [-0.15, -0.1) is 0 Å². The van der Waals surface area contributed by atoms with E-state index in [9.17, 15) is 35.1 Å². The summed E-state index contributed by atoms with van der Waals surface area (Å²) in [6, 6.07) is -0.806. The van der Waals surface area contributed by atoms with Crippen LogP contribution in [0.3, 0.4) is 0 Å². The first-order valence-electron chi connectivity index (χ1n) is 40.0. The molecule has 0 bridgehead atoms. The largest absolute Gasteiger partial charge is 0.466 e. The van der Waals surface area contributed by atoms with Crippen LogP contribution >= 0.6 is 0 Å². The maximum absolute atomic E-state index is 13.1. The Labute approximate surface area is 557 Å². The van der Waals surface area contributed by atoms with Crippen molar-refractivity contribution in [1.29, 1.82) is 0 Å². The molecule has 11 heteroatoms. The van der Waals surface area contributed by atoms with Crippen LogP contribution in [0.15, 0.2) is 12.2 Å². The third-order valence-corrected chi connectivity index (χ3v) is 19.4. The van der Waals surface area contributed by atoms with Crippen LogP contribution in [0.25, 0.3) is 0 Å². The number of nitrogens with one attached hydrogen (secondary N) is 1. The molecular weight excluding hydrogens is 1120 g/mol. The number of hydrogen-bond donors (Lipinski definition) is 6. The normalized spacial score (nSPS) is 17.6. The molecule has 1 rings (SSSR count). The Morgan fingerprint density at radius 2 is 0.700 bits per heavy atom. The number of aliphatic hydroxyl groups excluding tert-OH is 5. The van der Waals surface area contributed by atoms with Gasteiger partial charge in [-0.25, -0.2) is 0 Å². The number of allylic oxidation sites excluding steroid dienone is 1. The van der Waals surface area contributed by atoms with Crippen molar-refractivity contribution in [2.24, 2.45) is 0 Å². The van der Waals surface area contributed by atoms with Gasteiger partial charge in [-0.3, -0.25) is 9.59 Å². The number of amides is 1. The van der Waals surface area contributed by atoms with Crippen molar-refractivity contribution in [3.05, 3.63) is 12.2 Å². The summed E-state index contributed by atoms with van der Waals surface area (Å²) < 4.78 is 16.8. The molecule has 0 spiro atoms. The molecule has 0 radical (unpaired) electrons. The molecule has 534 valence electrons. The summed E-state index contributed by atoms with van der Waals surface area (Å²) in [6.45, 7) is 4.41. The minimum Gasteiger partial charge on any atom is -0.466 e. The number of hydrogen-bond acceptors (Lipinski definition) is 10. The lowest BCUT2D eigenvalue weighted by molar-refractivity contribution is -0.302. The average molecular weight is 1280 g/mol. The molecule has 0 aromatic heterocycles. The second-order valence-electron chi connectivity index (χ2n) is 28.1. The van der Waals surface area contributed by atoms with Gasteiger partial charge in [-0.1, -0.05) is 386 Å². The Balaban J connectivity index is 1.91. The van der Waals surface area contributed by atoms with Crippen LogP contribution in [0.5, 0.6) is 0 Å². The van der Waals surface area contributed by atoms with E-state index in [1.54, 1.807) is 6.08 Å². The van der Waals surface area contributed by atoms with Gasteiger partial charge in [-0.2, -0.15) is 0 Å². The van der Waals surface area contributed by atoms with Gasteiger partial charge in [0.15, 0.2) is 6.29 Å². The smallest absolute Gasteiger partial charge is 0.305 e. The minimum absolute atomic E-state index is 0.0177. The molecule has 7 unspecified atom stereocenters. The lowest BCUT2D eigenvalue weighted by Crippen LogP contribution is -2.60. The van der Waals surface area contributed by atoms with Crippen molar-refractivity contribution in [3.8, 4) is 0 Å². The van der Waals surface area contributed by atoms with Gasteiger partial charge >= 0.3 is 5.97 Å². The van der Waals surface area contributed by atoms with E-state index < -0.39 is 49.5 Å². The summed E-state index contributed by atoms with van der Waals surface area (Å²) in [6.07, 6.45) is 76.6. The minimum atomic E-state index is -1.57. The zero-order valence-electron chi connectivity index (χ0n) is 59.6. The quantitative estimate of drug-likeness (QED) is 0.0195. The molecule has 11 nitrogen and oxygen atoms in total. The fourth-order valence-electron chi connectivity index (χ4n) is 13.1. The number of unbranched alkanes of at least 4 members (excludes halogenated alkanes) is 58. The molecule has 1 heterocycles. The van der Waals surface area contributed by atoms with Crippen LogP contribution in [0.1, 0.15) is 418 Å². The van der Waals surface area contributed by atoms with Gasteiger partial charge in [0.2, 0.25) is 5.91 Å². The highest BCUT2D eigenvalue weighted by molar-refractivity contribution is 5.76. The predicted octanol–water partition coefficient (Wildman–Crippen LogP) is 21.4. The van der Waals surface area contributed by atoms with E-state index in [0.29, 0.717) is 19.4 Å². The maximum atomic E-state index is 13.1. The van der Waals surface area contributed by atoms with Crippen molar-refractivity contribution in [2.75, 3.05) is 19.8 Å². The Morgan fingerprint density at radius 1 is 0.400 bits per heavy atom. The molecule has 0 aromatic carbocycles. The number of aliphatic hydroxyl groups is 5. The highest BCUT2D eigenvalue weighted by Crippen LogP contribution is 2.24. The molecule has 1 fully saturated rings. The molecule has 6 N–H and O–H groups in total. The van der Waals surface area contributed by atoms with Crippen molar-refractivity contribution in [1.82, 2.24) is 5.32 Å².